The Labute approximate surface area is 154 Å². The van der Waals surface area contributed by atoms with Gasteiger partial charge in [0.05, 0.1) is 10.5 Å². The fourth-order valence-electron chi connectivity index (χ4n) is 3.17. The first-order chi connectivity index (χ1) is 12.3. The molecule has 138 valence electrons. The lowest BCUT2D eigenvalue weighted by Crippen LogP contribution is -2.55. The fourth-order valence-corrected chi connectivity index (χ4v) is 4.68. The number of aromatic nitrogens is 1. The summed E-state index contributed by atoms with van der Waals surface area (Å²) in [5, 5.41) is 0. The van der Waals surface area contributed by atoms with E-state index in [0.717, 1.165) is 5.56 Å². The molecule has 1 aliphatic rings. The molecule has 1 saturated heterocycles. The molecule has 1 aromatic carbocycles. The summed E-state index contributed by atoms with van der Waals surface area (Å²) in [6.45, 7) is 6.52. The standard InChI is InChI=1S/C19H23N3O3S/c1-14-6-8-17(9-7-14)26(24,25)21-11-12-22(15(2)13-21)19(23)18-5-4-10-20-16(18)3/h4-10,15H,11-13H2,1-3H3/t15-/m1/s1. The second-order valence-electron chi connectivity index (χ2n) is 6.66. The third kappa shape index (κ3) is 3.50. The van der Waals surface area contributed by atoms with Gasteiger partial charge in [0.1, 0.15) is 0 Å². The number of nitrogens with zero attached hydrogens (tertiary/aromatic N) is 3. The number of amides is 1. The van der Waals surface area contributed by atoms with Crippen LogP contribution in [0.5, 0.6) is 0 Å². The average Bonchev–Trinajstić information content (AvgIpc) is 2.62. The maximum absolute atomic E-state index is 12.9. The highest BCUT2D eigenvalue weighted by Gasteiger charge is 2.34. The summed E-state index contributed by atoms with van der Waals surface area (Å²) in [5.41, 5.74) is 2.26. The number of piperazine rings is 1. The molecular formula is C19H23N3O3S. The molecule has 0 N–H and O–H groups in total. The molecule has 1 amide bonds. The molecule has 2 heterocycles. The molecule has 1 aliphatic heterocycles. The predicted octanol–water partition coefficient (Wildman–Crippen LogP) is 2.23. The molecule has 0 radical (unpaired) electrons. The number of hydrogen-bond acceptors (Lipinski definition) is 4. The number of benzene rings is 1. The van der Waals surface area contributed by atoms with Gasteiger partial charge in [0.15, 0.2) is 0 Å². The monoisotopic (exact) mass is 373 g/mol. The number of sulfonamides is 1. The van der Waals surface area contributed by atoms with Crippen LogP contribution in [-0.4, -0.2) is 54.2 Å². The van der Waals surface area contributed by atoms with Gasteiger partial charge in [-0.05, 0) is 45.0 Å². The fraction of sp³-hybridized carbons (Fsp3) is 0.368. The average molecular weight is 373 g/mol. The van der Waals surface area contributed by atoms with Crippen molar-refractivity contribution in [3.63, 3.8) is 0 Å². The van der Waals surface area contributed by atoms with Gasteiger partial charge in [-0.3, -0.25) is 9.78 Å². The molecule has 1 atom stereocenters. The third-order valence-corrected chi connectivity index (χ3v) is 6.63. The molecule has 0 saturated carbocycles. The SMILES string of the molecule is Cc1ccc(S(=O)(=O)N2CCN(C(=O)c3cccnc3C)[C@H](C)C2)cc1. The van der Waals surface area contributed by atoms with Crippen LogP contribution >= 0.6 is 0 Å². The van der Waals surface area contributed by atoms with Gasteiger partial charge < -0.3 is 4.90 Å². The first-order valence-corrected chi connectivity index (χ1v) is 10.0. The molecule has 0 aliphatic carbocycles. The van der Waals surface area contributed by atoms with Crippen LogP contribution in [0.25, 0.3) is 0 Å². The minimum atomic E-state index is -3.55. The van der Waals surface area contributed by atoms with Crippen LogP contribution in [0.4, 0.5) is 0 Å². The van der Waals surface area contributed by atoms with Crippen molar-refractivity contribution in [3.8, 4) is 0 Å². The Balaban J connectivity index is 1.77. The number of carbonyl (C=O) groups excluding carboxylic acids is 1. The quantitative estimate of drug-likeness (QED) is 0.827. The van der Waals surface area contributed by atoms with Gasteiger partial charge in [-0.25, -0.2) is 8.42 Å². The highest BCUT2D eigenvalue weighted by Crippen LogP contribution is 2.22. The van der Waals surface area contributed by atoms with Gasteiger partial charge >= 0.3 is 0 Å². The first kappa shape index (κ1) is 18.5. The smallest absolute Gasteiger partial charge is 0.256 e. The Bertz CT molecular complexity index is 910. The molecule has 7 heteroatoms. The zero-order valence-electron chi connectivity index (χ0n) is 15.2. The van der Waals surface area contributed by atoms with Crippen LogP contribution in [0.15, 0.2) is 47.5 Å². The van der Waals surface area contributed by atoms with Gasteiger partial charge in [0.2, 0.25) is 10.0 Å². The van der Waals surface area contributed by atoms with Gasteiger partial charge in [0, 0.05) is 37.6 Å². The Morgan fingerprint density at radius 1 is 1.12 bits per heavy atom. The lowest BCUT2D eigenvalue weighted by atomic mass is 10.1. The van der Waals surface area contributed by atoms with E-state index in [0.29, 0.717) is 17.8 Å². The first-order valence-electron chi connectivity index (χ1n) is 8.60. The zero-order chi connectivity index (χ0) is 18.9. The molecule has 26 heavy (non-hydrogen) atoms. The summed E-state index contributed by atoms with van der Waals surface area (Å²) in [6.07, 6.45) is 1.65. The van der Waals surface area contributed by atoms with Gasteiger partial charge in [0.25, 0.3) is 5.91 Å². The van der Waals surface area contributed by atoms with E-state index in [9.17, 15) is 13.2 Å². The number of aryl methyl sites for hydroxylation is 2. The molecule has 0 spiro atoms. The molecular weight excluding hydrogens is 350 g/mol. The highest BCUT2D eigenvalue weighted by atomic mass is 32.2. The van der Waals surface area contributed by atoms with Crippen molar-refractivity contribution in [1.82, 2.24) is 14.2 Å². The third-order valence-electron chi connectivity index (χ3n) is 4.75. The highest BCUT2D eigenvalue weighted by molar-refractivity contribution is 7.89. The van der Waals surface area contributed by atoms with Crippen LogP contribution in [-0.2, 0) is 10.0 Å². The second kappa shape index (κ2) is 7.17. The van der Waals surface area contributed by atoms with E-state index < -0.39 is 10.0 Å². The number of hydrogen-bond donors (Lipinski definition) is 0. The van der Waals surface area contributed by atoms with Crippen molar-refractivity contribution in [2.24, 2.45) is 0 Å². The molecule has 1 aromatic heterocycles. The van der Waals surface area contributed by atoms with Crippen LogP contribution in [0.1, 0.15) is 28.5 Å². The van der Waals surface area contributed by atoms with Crippen molar-refractivity contribution in [2.75, 3.05) is 19.6 Å². The van der Waals surface area contributed by atoms with Crippen molar-refractivity contribution < 1.29 is 13.2 Å². The molecule has 0 unspecified atom stereocenters. The summed E-state index contributed by atoms with van der Waals surface area (Å²) in [6, 6.07) is 10.1. The topological polar surface area (TPSA) is 70.6 Å². The van der Waals surface area contributed by atoms with E-state index in [1.807, 2.05) is 13.8 Å². The summed E-state index contributed by atoms with van der Waals surface area (Å²) in [4.78, 5) is 19.0. The van der Waals surface area contributed by atoms with Crippen LogP contribution in [0.2, 0.25) is 0 Å². The maximum atomic E-state index is 12.9. The molecule has 3 rings (SSSR count). The Kier molecular flexibility index (Phi) is 5.11. The largest absolute Gasteiger partial charge is 0.333 e. The van der Waals surface area contributed by atoms with E-state index in [-0.39, 0.29) is 29.9 Å². The zero-order valence-corrected chi connectivity index (χ0v) is 16.0. The van der Waals surface area contributed by atoms with Crippen LogP contribution in [0, 0.1) is 13.8 Å². The molecule has 0 bridgehead atoms. The van der Waals surface area contributed by atoms with Crippen LogP contribution < -0.4 is 0 Å². The minimum Gasteiger partial charge on any atom is -0.333 e. The maximum Gasteiger partial charge on any atom is 0.256 e. The Morgan fingerprint density at radius 3 is 2.42 bits per heavy atom. The number of carbonyl (C=O) groups is 1. The van der Waals surface area contributed by atoms with Crippen molar-refractivity contribution in [3.05, 3.63) is 59.4 Å². The van der Waals surface area contributed by atoms with E-state index >= 15 is 0 Å². The predicted molar refractivity (Wildman–Crippen MR) is 99.4 cm³/mol. The minimum absolute atomic E-state index is 0.101. The van der Waals surface area contributed by atoms with E-state index in [2.05, 4.69) is 4.98 Å². The Hall–Kier alpha value is -2.25. The van der Waals surface area contributed by atoms with Crippen molar-refractivity contribution in [2.45, 2.75) is 31.7 Å². The van der Waals surface area contributed by atoms with Crippen molar-refractivity contribution in [1.29, 1.82) is 0 Å². The Morgan fingerprint density at radius 2 is 1.81 bits per heavy atom. The second-order valence-corrected chi connectivity index (χ2v) is 8.60. The molecule has 6 nitrogen and oxygen atoms in total. The number of rotatable bonds is 3. The van der Waals surface area contributed by atoms with Gasteiger partial charge in [-0.1, -0.05) is 17.7 Å². The normalized spacial score (nSPS) is 18.7. The van der Waals surface area contributed by atoms with Crippen LogP contribution in [0.3, 0.4) is 0 Å². The van der Waals surface area contributed by atoms with E-state index in [1.54, 1.807) is 54.4 Å². The summed E-state index contributed by atoms with van der Waals surface area (Å²) in [5.74, 6) is -0.101. The summed E-state index contributed by atoms with van der Waals surface area (Å²) in [7, 11) is -3.55. The van der Waals surface area contributed by atoms with Crippen molar-refractivity contribution >= 4 is 15.9 Å². The lowest BCUT2D eigenvalue weighted by Gasteiger charge is -2.39. The summed E-state index contributed by atoms with van der Waals surface area (Å²) < 4.78 is 27.2. The van der Waals surface area contributed by atoms with Gasteiger partial charge in [-0.15, -0.1) is 0 Å². The number of pyridine rings is 1. The van der Waals surface area contributed by atoms with E-state index in [4.69, 9.17) is 0 Å². The molecule has 2 aromatic rings. The summed E-state index contributed by atoms with van der Waals surface area (Å²) >= 11 is 0. The molecule has 1 fully saturated rings. The lowest BCUT2D eigenvalue weighted by molar-refractivity contribution is 0.0590. The van der Waals surface area contributed by atoms with E-state index in [1.165, 1.54) is 4.31 Å². The van der Waals surface area contributed by atoms with Gasteiger partial charge in [-0.2, -0.15) is 4.31 Å².